The van der Waals surface area contributed by atoms with Gasteiger partial charge in [0, 0.05) is 23.8 Å². The molecule has 2 heterocycles. The van der Waals surface area contributed by atoms with E-state index in [9.17, 15) is 8.42 Å². The molecular formula is C11H19N5O3S2. The lowest BCUT2D eigenvalue weighted by Gasteiger charge is -2.36. The van der Waals surface area contributed by atoms with E-state index >= 15 is 0 Å². The van der Waals surface area contributed by atoms with E-state index in [1.54, 1.807) is 23.6 Å². The van der Waals surface area contributed by atoms with Crippen LogP contribution >= 0.6 is 11.8 Å². The van der Waals surface area contributed by atoms with Crippen molar-refractivity contribution in [3.63, 3.8) is 0 Å². The minimum atomic E-state index is -3.23. The summed E-state index contributed by atoms with van der Waals surface area (Å²) in [5.74, 6) is 7.96. The molecule has 0 aliphatic carbocycles. The molecule has 0 amide bonds. The van der Waals surface area contributed by atoms with Crippen LogP contribution < -0.4 is 20.9 Å². The Morgan fingerprint density at radius 1 is 1.57 bits per heavy atom. The highest BCUT2D eigenvalue weighted by Gasteiger charge is 2.35. The molecule has 1 aromatic heterocycles. The lowest BCUT2D eigenvalue weighted by molar-refractivity contribution is 0.412. The first-order valence-corrected chi connectivity index (χ1v) is 9.33. The normalized spacial score (nSPS) is 19.4. The van der Waals surface area contributed by atoms with E-state index in [0.29, 0.717) is 29.7 Å². The molecule has 0 saturated carbocycles. The molecular weight excluding hydrogens is 314 g/mol. The fourth-order valence-corrected chi connectivity index (χ4v) is 5.14. The maximum absolute atomic E-state index is 12.3. The van der Waals surface area contributed by atoms with Crippen LogP contribution in [0.3, 0.4) is 0 Å². The van der Waals surface area contributed by atoms with E-state index in [2.05, 4.69) is 15.4 Å². The molecule has 8 nitrogen and oxygen atoms in total. The van der Waals surface area contributed by atoms with Crippen LogP contribution in [-0.4, -0.2) is 54.7 Å². The van der Waals surface area contributed by atoms with Gasteiger partial charge in [-0.15, -0.1) is 0 Å². The first-order chi connectivity index (χ1) is 10.0. The third-order valence-electron chi connectivity index (χ3n) is 3.30. The molecule has 118 valence electrons. The fourth-order valence-electron chi connectivity index (χ4n) is 2.17. The number of hydrogen-bond acceptors (Lipinski definition) is 9. The first-order valence-electron chi connectivity index (χ1n) is 6.46. The Morgan fingerprint density at radius 3 is 2.95 bits per heavy atom. The van der Waals surface area contributed by atoms with Crippen molar-refractivity contribution in [2.75, 3.05) is 41.2 Å². The Morgan fingerprint density at radius 2 is 2.33 bits per heavy atom. The van der Waals surface area contributed by atoms with Crippen LogP contribution in [0.4, 0.5) is 11.6 Å². The van der Waals surface area contributed by atoms with Gasteiger partial charge in [0.25, 0.3) is 0 Å². The second kappa shape index (κ2) is 6.67. The molecule has 3 N–H and O–H groups in total. The van der Waals surface area contributed by atoms with Gasteiger partial charge in [0.05, 0.1) is 7.11 Å². The molecule has 21 heavy (non-hydrogen) atoms. The second-order valence-electron chi connectivity index (χ2n) is 4.40. The van der Waals surface area contributed by atoms with Gasteiger partial charge >= 0.3 is 0 Å². The number of hydrazine groups is 1. The van der Waals surface area contributed by atoms with Gasteiger partial charge in [-0.1, -0.05) is 6.92 Å². The summed E-state index contributed by atoms with van der Waals surface area (Å²) in [7, 11) is -1.75. The summed E-state index contributed by atoms with van der Waals surface area (Å²) in [4.78, 5) is 9.94. The van der Waals surface area contributed by atoms with Crippen molar-refractivity contribution in [1.82, 2.24) is 9.97 Å². The number of rotatable bonds is 5. The van der Waals surface area contributed by atoms with Gasteiger partial charge in [-0.3, -0.25) is 0 Å². The van der Waals surface area contributed by atoms with E-state index in [1.165, 1.54) is 13.4 Å². The molecule has 0 aromatic carbocycles. The van der Waals surface area contributed by atoms with Crippen LogP contribution in [0.2, 0.25) is 0 Å². The minimum Gasteiger partial charge on any atom is -0.490 e. The zero-order valence-electron chi connectivity index (χ0n) is 11.9. The predicted molar refractivity (Wildman–Crippen MR) is 84.3 cm³/mol. The molecule has 1 fully saturated rings. The number of methoxy groups -OCH3 is 1. The van der Waals surface area contributed by atoms with Crippen molar-refractivity contribution >= 4 is 33.2 Å². The topological polar surface area (TPSA) is 110 Å². The minimum absolute atomic E-state index is 0.0874. The Kier molecular flexibility index (Phi) is 5.12. The predicted octanol–water partition coefficient (Wildman–Crippen LogP) is 0.0848. The number of aromatic nitrogens is 2. The maximum Gasteiger partial charge on any atom is 0.205 e. The van der Waals surface area contributed by atoms with Gasteiger partial charge < -0.3 is 15.1 Å². The highest BCUT2D eigenvalue weighted by Crippen LogP contribution is 2.35. The van der Waals surface area contributed by atoms with Gasteiger partial charge in [0.15, 0.2) is 21.5 Å². The van der Waals surface area contributed by atoms with E-state index < -0.39 is 15.2 Å². The van der Waals surface area contributed by atoms with Gasteiger partial charge in [-0.05, 0) is 0 Å². The van der Waals surface area contributed by atoms with Gasteiger partial charge in [-0.2, -0.15) is 11.8 Å². The molecule has 1 aliphatic rings. The molecule has 1 atom stereocenters. The van der Waals surface area contributed by atoms with E-state index in [1.807, 2.05) is 0 Å². The SMILES string of the molecule is CCS(=O)(=O)C1CSCCN1c1ncnc(NN)c1OC. The highest BCUT2D eigenvalue weighted by molar-refractivity contribution is 8.01. The van der Waals surface area contributed by atoms with E-state index in [-0.39, 0.29) is 5.75 Å². The van der Waals surface area contributed by atoms with Crippen LogP contribution in [-0.2, 0) is 9.84 Å². The Labute approximate surface area is 128 Å². The van der Waals surface area contributed by atoms with Gasteiger partial charge in [0.2, 0.25) is 5.75 Å². The average Bonchev–Trinajstić information content (AvgIpc) is 2.53. The summed E-state index contributed by atoms with van der Waals surface area (Å²) in [6, 6.07) is 0. The van der Waals surface area contributed by atoms with Crippen molar-refractivity contribution in [1.29, 1.82) is 0 Å². The third kappa shape index (κ3) is 3.16. The molecule has 10 heteroatoms. The number of nitrogen functional groups attached to an aromatic ring is 1. The molecule has 1 unspecified atom stereocenters. The molecule has 1 saturated heterocycles. The zero-order chi connectivity index (χ0) is 15.5. The van der Waals surface area contributed by atoms with Crippen LogP contribution in [0.5, 0.6) is 5.75 Å². The summed E-state index contributed by atoms with van der Waals surface area (Å²) >= 11 is 1.62. The van der Waals surface area contributed by atoms with Crippen molar-refractivity contribution < 1.29 is 13.2 Å². The lowest BCUT2D eigenvalue weighted by Crippen LogP contribution is -2.48. The number of nitrogens with one attached hydrogen (secondary N) is 1. The molecule has 1 aromatic rings. The standard InChI is InChI=1S/C11H19N5O3S2/c1-3-21(17,18)8-6-20-5-4-16(8)11-9(19-2)10(15-12)13-7-14-11/h7-8H,3-6,12H2,1-2H3,(H,13,14,15). The molecule has 0 radical (unpaired) electrons. The van der Waals surface area contributed by atoms with Crippen LogP contribution in [0, 0.1) is 0 Å². The number of anilines is 2. The number of nitrogens with two attached hydrogens (primary N) is 1. The first kappa shape index (κ1) is 16.1. The number of nitrogens with zero attached hydrogens (tertiary/aromatic N) is 3. The van der Waals surface area contributed by atoms with E-state index in [0.717, 1.165) is 5.75 Å². The third-order valence-corrected chi connectivity index (χ3v) is 6.59. The van der Waals surface area contributed by atoms with Gasteiger partial charge in [-0.25, -0.2) is 24.2 Å². The van der Waals surface area contributed by atoms with Crippen molar-refractivity contribution in [2.24, 2.45) is 5.84 Å². The van der Waals surface area contributed by atoms with Crippen molar-refractivity contribution in [3.05, 3.63) is 6.33 Å². The zero-order valence-corrected chi connectivity index (χ0v) is 13.6. The van der Waals surface area contributed by atoms with Gasteiger partial charge in [0.1, 0.15) is 11.7 Å². The quantitative estimate of drug-likeness (QED) is 0.572. The lowest BCUT2D eigenvalue weighted by atomic mass is 10.4. The summed E-state index contributed by atoms with van der Waals surface area (Å²) in [6.45, 7) is 2.23. The maximum atomic E-state index is 12.3. The van der Waals surface area contributed by atoms with Crippen LogP contribution in [0.25, 0.3) is 0 Å². The number of thioether (sulfide) groups is 1. The summed E-state index contributed by atoms with van der Waals surface area (Å²) < 4.78 is 29.9. The summed E-state index contributed by atoms with van der Waals surface area (Å²) in [6.07, 6.45) is 1.34. The number of sulfone groups is 1. The summed E-state index contributed by atoms with van der Waals surface area (Å²) in [5.41, 5.74) is 2.44. The smallest absolute Gasteiger partial charge is 0.205 e. The molecule has 2 rings (SSSR count). The molecule has 1 aliphatic heterocycles. The largest absolute Gasteiger partial charge is 0.490 e. The number of ether oxygens (including phenoxy) is 1. The fraction of sp³-hybridized carbons (Fsp3) is 0.636. The highest BCUT2D eigenvalue weighted by atomic mass is 32.2. The Bertz CT molecular complexity index is 596. The average molecular weight is 333 g/mol. The Hall–Kier alpha value is -1.26. The van der Waals surface area contributed by atoms with E-state index in [4.69, 9.17) is 10.6 Å². The van der Waals surface area contributed by atoms with Crippen molar-refractivity contribution in [3.8, 4) is 5.75 Å². The Balaban J connectivity index is 2.47. The second-order valence-corrected chi connectivity index (χ2v) is 8.00. The number of hydrogen-bond donors (Lipinski definition) is 2. The summed E-state index contributed by atoms with van der Waals surface area (Å²) in [5, 5.41) is -0.615. The van der Waals surface area contributed by atoms with Crippen LogP contribution in [0.15, 0.2) is 6.33 Å². The monoisotopic (exact) mass is 333 g/mol. The van der Waals surface area contributed by atoms with Crippen molar-refractivity contribution in [2.45, 2.75) is 12.3 Å². The molecule has 0 bridgehead atoms. The van der Waals surface area contributed by atoms with Crippen LogP contribution in [0.1, 0.15) is 6.92 Å². The molecule has 0 spiro atoms.